The van der Waals surface area contributed by atoms with Crippen LogP contribution in [0.2, 0.25) is 0 Å². The van der Waals surface area contributed by atoms with E-state index in [1.807, 2.05) is 14.0 Å². The Bertz CT molecular complexity index is 579. The third-order valence-corrected chi connectivity index (χ3v) is 2.70. The Kier molecular flexibility index (Phi) is 4.07. The van der Waals surface area contributed by atoms with E-state index in [0.717, 1.165) is 6.54 Å². The summed E-state index contributed by atoms with van der Waals surface area (Å²) < 4.78 is 38.8. The number of rotatable bonds is 5. The molecule has 0 aliphatic rings. The van der Waals surface area contributed by atoms with Gasteiger partial charge in [0, 0.05) is 6.54 Å². The Labute approximate surface area is 113 Å². The second kappa shape index (κ2) is 5.61. The molecule has 9 heteroatoms. The second-order valence-corrected chi connectivity index (χ2v) is 4.55. The van der Waals surface area contributed by atoms with Crippen LogP contribution in [-0.4, -0.2) is 39.9 Å². The van der Waals surface area contributed by atoms with E-state index in [1.54, 1.807) is 6.07 Å². The van der Waals surface area contributed by atoms with Crippen LogP contribution in [0.15, 0.2) is 12.1 Å². The van der Waals surface area contributed by atoms with Gasteiger partial charge in [0.05, 0.1) is 0 Å². The third kappa shape index (κ3) is 3.16. The summed E-state index contributed by atoms with van der Waals surface area (Å²) in [5, 5.41) is 16.5. The zero-order chi connectivity index (χ0) is 14.8. The third-order valence-electron chi connectivity index (χ3n) is 2.70. The van der Waals surface area contributed by atoms with Crippen molar-refractivity contribution in [3.8, 4) is 0 Å². The number of alkyl halides is 3. The summed E-state index contributed by atoms with van der Waals surface area (Å²) in [6.07, 6.45) is -4.58. The number of anilines is 1. The Morgan fingerprint density at radius 2 is 2.00 bits per heavy atom. The first-order chi connectivity index (χ1) is 9.41. The Morgan fingerprint density at radius 3 is 2.65 bits per heavy atom. The largest absolute Gasteiger partial charge is 0.453 e. The van der Waals surface area contributed by atoms with Gasteiger partial charge in [0.1, 0.15) is 5.82 Å². The van der Waals surface area contributed by atoms with Gasteiger partial charge >= 0.3 is 6.18 Å². The van der Waals surface area contributed by atoms with Crippen LogP contribution in [-0.2, 0) is 6.18 Å². The van der Waals surface area contributed by atoms with E-state index in [0.29, 0.717) is 22.8 Å². The minimum Gasteiger partial charge on any atom is -0.368 e. The lowest BCUT2D eigenvalue weighted by Crippen LogP contribution is -2.23. The highest BCUT2D eigenvalue weighted by atomic mass is 19.4. The summed E-state index contributed by atoms with van der Waals surface area (Å²) >= 11 is 0. The van der Waals surface area contributed by atoms with Crippen LogP contribution < -0.4 is 10.6 Å². The predicted octanol–water partition coefficient (Wildman–Crippen LogP) is 1.41. The van der Waals surface area contributed by atoms with Crippen LogP contribution in [0, 0.1) is 5.92 Å². The molecule has 0 fully saturated rings. The first kappa shape index (κ1) is 14.5. The lowest BCUT2D eigenvalue weighted by atomic mass is 10.2. The van der Waals surface area contributed by atoms with Gasteiger partial charge < -0.3 is 10.6 Å². The van der Waals surface area contributed by atoms with Gasteiger partial charge in [-0.25, -0.2) is 0 Å². The van der Waals surface area contributed by atoms with Crippen molar-refractivity contribution in [2.45, 2.75) is 13.1 Å². The molecule has 0 spiro atoms. The molecule has 20 heavy (non-hydrogen) atoms. The summed E-state index contributed by atoms with van der Waals surface area (Å²) in [7, 11) is 1.84. The summed E-state index contributed by atoms with van der Waals surface area (Å²) in [6.45, 7) is 3.42. The van der Waals surface area contributed by atoms with Gasteiger partial charge in [-0.1, -0.05) is 6.92 Å². The molecule has 0 radical (unpaired) electrons. The molecule has 0 amide bonds. The zero-order valence-corrected chi connectivity index (χ0v) is 11.1. The van der Waals surface area contributed by atoms with Crippen LogP contribution >= 0.6 is 0 Å². The highest BCUT2D eigenvalue weighted by Gasteiger charge is 2.37. The highest BCUT2D eigenvalue weighted by molar-refractivity contribution is 5.44. The molecule has 0 saturated heterocycles. The minimum absolute atomic E-state index is 0.0612. The van der Waals surface area contributed by atoms with Crippen molar-refractivity contribution in [2.24, 2.45) is 5.92 Å². The summed E-state index contributed by atoms with van der Waals surface area (Å²) in [5.41, 5.74) is 0.0612. The molecule has 2 heterocycles. The molecule has 2 rings (SSSR count). The predicted molar refractivity (Wildman–Crippen MR) is 67.4 cm³/mol. The van der Waals surface area contributed by atoms with Crippen molar-refractivity contribution >= 4 is 11.5 Å². The second-order valence-electron chi connectivity index (χ2n) is 4.55. The fraction of sp³-hybridized carbons (Fsp3) is 0.545. The molecule has 0 saturated carbocycles. The maximum absolute atomic E-state index is 12.7. The SMILES string of the molecule is CNCC(C)CNc1ccc2nnc(C(F)(F)F)n2n1. The van der Waals surface area contributed by atoms with E-state index in [-0.39, 0.29) is 5.65 Å². The number of fused-ring (bicyclic) bond motifs is 1. The molecule has 1 atom stereocenters. The first-order valence-corrected chi connectivity index (χ1v) is 6.10. The molecule has 1 unspecified atom stereocenters. The minimum atomic E-state index is -4.58. The molecular formula is C11H15F3N6. The van der Waals surface area contributed by atoms with E-state index in [9.17, 15) is 13.2 Å². The average Bonchev–Trinajstić information content (AvgIpc) is 2.79. The van der Waals surface area contributed by atoms with Gasteiger partial charge in [0.2, 0.25) is 0 Å². The number of halogens is 3. The Hall–Kier alpha value is -1.90. The van der Waals surface area contributed by atoms with Crippen molar-refractivity contribution in [2.75, 3.05) is 25.5 Å². The summed E-state index contributed by atoms with van der Waals surface area (Å²) in [6, 6.07) is 3.02. The van der Waals surface area contributed by atoms with E-state index < -0.39 is 12.0 Å². The van der Waals surface area contributed by atoms with E-state index in [4.69, 9.17) is 0 Å². The van der Waals surface area contributed by atoms with Crippen LogP contribution in [0.3, 0.4) is 0 Å². The molecular weight excluding hydrogens is 273 g/mol. The molecule has 0 aliphatic carbocycles. The number of nitrogens with zero attached hydrogens (tertiary/aromatic N) is 4. The topological polar surface area (TPSA) is 67.1 Å². The molecule has 0 aromatic carbocycles. The van der Waals surface area contributed by atoms with E-state index >= 15 is 0 Å². The first-order valence-electron chi connectivity index (χ1n) is 6.10. The fourth-order valence-corrected chi connectivity index (χ4v) is 1.76. The quantitative estimate of drug-likeness (QED) is 0.871. The number of hydrogen-bond acceptors (Lipinski definition) is 5. The van der Waals surface area contributed by atoms with E-state index in [1.165, 1.54) is 6.07 Å². The average molecular weight is 288 g/mol. The maximum Gasteiger partial charge on any atom is 0.453 e. The number of nitrogens with one attached hydrogen (secondary N) is 2. The van der Waals surface area contributed by atoms with Crippen molar-refractivity contribution < 1.29 is 13.2 Å². The van der Waals surface area contributed by atoms with Crippen molar-refractivity contribution in [3.05, 3.63) is 18.0 Å². The molecule has 0 bridgehead atoms. The highest BCUT2D eigenvalue weighted by Crippen LogP contribution is 2.27. The monoisotopic (exact) mass is 288 g/mol. The van der Waals surface area contributed by atoms with Crippen LogP contribution in [0.4, 0.5) is 19.0 Å². The van der Waals surface area contributed by atoms with Gasteiger partial charge in [-0.15, -0.1) is 15.3 Å². The molecule has 110 valence electrons. The van der Waals surface area contributed by atoms with Crippen molar-refractivity contribution in [1.82, 2.24) is 25.1 Å². The maximum atomic E-state index is 12.7. The summed E-state index contributed by atoms with van der Waals surface area (Å²) in [5.74, 6) is -0.453. The molecule has 2 N–H and O–H groups in total. The van der Waals surface area contributed by atoms with Crippen molar-refractivity contribution in [3.63, 3.8) is 0 Å². The molecule has 2 aromatic heterocycles. The number of hydrogen-bond donors (Lipinski definition) is 2. The van der Waals surface area contributed by atoms with Gasteiger partial charge in [-0.05, 0) is 31.6 Å². The molecule has 6 nitrogen and oxygen atoms in total. The molecule has 2 aromatic rings. The normalized spacial score (nSPS) is 13.7. The van der Waals surface area contributed by atoms with Gasteiger partial charge in [0.15, 0.2) is 5.65 Å². The van der Waals surface area contributed by atoms with E-state index in [2.05, 4.69) is 25.9 Å². The molecule has 0 aliphatic heterocycles. The Balaban J connectivity index is 2.20. The zero-order valence-electron chi connectivity index (χ0n) is 11.1. The fourth-order valence-electron chi connectivity index (χ4n) is 1.76. The van der Waals surface area contributed by atoms with Crippen LogP contribution in [0.1, 0.15) is 12.7 Å². The van der Waals surface area contributed by atoms with Crippen LogP contribution in [0.5, 0.6) is 0 Å². The standard InChI is InChI=1S/C11H15F3N6/c1-7(5-15-2)6-16-8-3-4-9-17-18-10(11(12,13)14)20(9)19-8/h3-4,7,15H,5-6H2,1-2H3,(H,16,19). The Morgan fingerprint density at radius 1 is 1.25 bits per heavy atom. The lowest BCUT2D eigenvalue weighted by Gasteiger charge is -2.12. The lowest BCUT2D eigenvalue weighted by molar-refractivity contribution is -0.146. The van der Waals surface area contributed by atoms with Crippen LogP contribution in [0.25, 0.3) is 5.65 Å². The smallest absolute Gasteiger partial charge is 0.368 e. The van der Waals surface area contributed by atoms with Gasteiger partial charge in [-0.3, -0.25) is 0 Å². The van der Waals surface area contributed by atoms with Gasteiger partial charge in [-0.2, -0.15) is 17.7 Å². The summed E-state index contributed by atoms with van der Waals surface area (Å²) in [4.78, 5) is 0. The number of aromatic nitrogens is 4. The van der Waals surface area contributed by atoms with Crippen molar-refractivity contribution in [1.29, 1.82) is 0 Å². The van der Waals surface area contributed by atoms with Gasteiger partial charge in [0.25, 0.3) is 5.82 Å².